The van der Waals surface area contributed by atoms with E-state index in [1.807, 2.05) is 36.7 Å². The van der Waals surface area contributed by atoms with Crippen LogP contribution in [0.2, 0.25) is 0 Å². The molecule has 0 spiro atoms. The van der Waals surface area contributed by atoms with Gasteiger partial charge in [-0.1, -0.05) is 152 Å². The van der Waals surface area contributed by atoms with Gasteiger partial charge >= 0.3 is 0 Å². The van der Waals surface area contributed by atoms with Crippen molar-refractivity contribution in [1.82, 2.24) is 15.3 Å². The fraction of sp³-hybridized carbons (Fsp3) is 0.0370. The number of nitrogens with zero attached hydrogens (tertiary/aromatic N) is 4. The molecule has 0 saturated carbocycles. The molecule has 0 bridgehead atoms. The van der Waals surface area contributed by atoms with Crippen LogP contribution in [-0.2, 0) is 0 Å². The number of benzene rings is 7. The van der Waals surface area contributed by atoms with E-state index in [0.29, 0.717) is 5.84 Å². The van der Waals surface area contributed by atoms with Crippen molar-refractivity contribution in [3.63, 3.8) is 0 Å². The van der Waals surface area contributed by atoms with Gasteiger partial charge < -0.3 is 10.6 Å². The molecule has 7 aromatic carbocycles. The molecule has 6 heteroatoms. The summed E-state index contributed by atoms with van der Waals surface area (Å²) in [6.07, 6.45) is 7.66. The Hall–Kier alpha value is -7.96. The van der Waals surface area contributed by atoms with Gasteiger partial charge in [0.1, 0.15) is 12.0 Å². The predicted octanol–water partition coefficient (Wildman–Crippen LogP) is 12.4. The van der Waals surface area contributed by atoms with Gasteiger partial charge in [-0.3, -0.25) is 4.98 Å². The van der Waals surface area contributed by atoms with Crippen LogP contribution in [0.15, 0.2) is 204 Å². The number of rotatable bonds is 7. The van der Waals surface area contributed by atoms with E-state index in [4.69, 9.17) is 15.0 Å². The first-order valence-electron chi connectivity index (χ1n) is 20.3. The monoisotopic (exact) mass is 770 g/mol. The van der Waals surface area contributed by atoms with Crippen molar-refractivity contribution < 1.29 is 0 Å². The number of amidine groups is 2. The van der Waals surface area contributed by atoms with Crippen LogP contribution < -0.4 is 10.6 Å². The zero-order valence-corrected chi connectivity index (χ0v) is 32.6. The minimum Gasteiger partial charge on any atom is -0.379 e. The number of aliphatic imine (C=N–C) groups is 2. The van der Waals surface area contributed by atoms with E-state index in [1.54, 1.807) is 0 Å². The molecule has 2 N–H and O–H groups in total. The Morgan fingerprint density at radius 3 is 1.88 bits per heavy atom. The molecule has 6 nitrogen and oxygen atoms in total. The smallest absolute Gasteiger partial charge is 0.159 e. The summed E-state index contributed by atoms with van der Waals surface area (Å²) in [6.45, 7) is 0.775. The van der Waals surface area contributed by atoms with Crippen molar-refractivity contribution >= 4 is 45.0 Å². The van der Waals surface area contributed by atoms with Crippen LogP contribution in [0.1, 0.15) is 28.6 Å². The molecule has 0 radical (unpaired) electrons. The first-order valence-corrected chi connectivity index (χ1v) is 20.3. The van der Waals surface area contributed by atoms with E-state index in [1.165, 1.54) is 21.9 Å². The van der Waals surface area contributed by atoms with Crippen molar-refractivity contribution in [3.05, 3.63) is 217 Å². The van der Waals surface area contributed by atoms with Crippen molar-refractivity contribution in [2.75, 3.05) is 11.9 Å². The minimum atomic E-state index is -0.305. The molecule has 0 amide bonds. The fourth-order valence-corrected chi connectivity index (χ4v) is 8.29. The average Bonchev–Trinajstić information content (AvgIpc) is 3.34. The summed E-state index contributed by atoms with van der Waals surface area (Å²) in [5, 5.41) is 11.7. The molecular formula is C54H38N6. The summed E-state index contributed by atoms with van der Waals surface area (Å²) >= 11 is 0. The topological polar surface area (TPSA) is 74.6 Å². The average molecular weight is 771 g/mol. The van der Waals surface area contributed by atoms with Gasteiger partial charge in [0.2, 0.25) is 0 Å². The number of fused-ring (bicyclic) bond motifs is 4. The van der Waals surface area contributed by atoms with Gasteiger partial charge in [0.25, 0.3) is 0 Å². The van der Waals surface area contributed by atoms with Crippen molar-refractivity contribution in [1.29, 1.82) is 0 Å². The van der Waals surface area contributed by atoms with Crippen molar-refractivity contribution in [3.8, 4) is 44.6 Å². The lowest BCUT2D eigenvalue weighted by Gasteiger charge is -2.24. The number of aromatic nitrogens is 2. The zero-order valence-electron chi connectivity index (χ0n) is 32.6. The zero-order chi connectivity index (χ0) is 39.8. The highest BCUT2D eigenvalue weighted by molar-refractivity contribution is 6.14. The molecule has 4 heterocycles. The van der Waals surface area contributed by atoms with Crippen LogP contribution in [0.4, 0.5) is 5.69 Å². The second-order valence-electron chi connectivity index (χ2n) is 15.2. The highest BCUT2D eigenvalue weighted by Gasteiger charge is 2.22. The molecule has 284 valence electrons. The second kappa shape index (κ2) is 15.1. The summed E-state index contributed by atoms with van der Waals surface area (Å²) < 4.78 is 0. The van der Waals surface area contributed by atoms with Crippen LogP contribution in [-0.4, -0.2) is 28.2 Å². The third-order valence-electron chi connectivity index (χ3n) is 11.4. The van der Waals surface area contributed by atoms with Crippen LogP contribution in [0.5, 0.6) is 0 Å². The maximum absolute atomic E-state index is 5.26. The first-order chi connectivity index (χ1) is 29.7. The lowest BCUT2D eigenvalue weighted by Crippen LogP contribution is -2.33. The molecule has 2 aliphatic heterocycles. The molecule has 0 fully saturated rings. The first kappa shape index (κ1) is 35.2. The lowest BCUT2D eigenvalue weighted by atomic mass is 9.93. The van der Waals surface area contributed by atoms with E-state index in [0.717, 1.165) is 84.7 Å². The van der Waals surface area contributed by atoms with E-state index < -0.39 is 0 Å². The molecule has 0 saturated heterocycles. The Labute approximate surface area is 348 Å². The summed E-state index contributed by atoms with van der Waals surface area (Å²) in [5.41, 5.74) is 13.7. The Kier molecular flexibility index (Phi) is 8.86. The molecule has 0 aliphatic carbocycles. The van der Waals surface area contributed by atoms with E-state index in [9.17, 15) is 0 Å². The van der Waals surface area contributed by atoms with Gasteiger partial charge in [0.05, 0.1) is 17.1 Å². The second-order valence-corrected chi connectivity index (χ2v) is 15.2. The van der Waals surface area contributed by atoms with Crippen LogP contribution in [0.25, 0.3) is 72.3 Å². The fourth-order valence-electron chi connectivity index (χ4n) is 8.29. The Morgan fingerprint density at radius 1 is 0.500 bits per heavy atom. The largest absolute Gasteiger partial charge is 0.379 e. The molecule has 2 aromatic heterocycles. The molecule has 9 aromatic rings. The summed E-state index contributed by atoms with van der Waals surface area (Å²) in [4.78, 5) is 20.0. The van der Waals surface area contributed by atoms with Crippen LogP contribution in [0, 0.1) is 0 Å². The third-order valence-corrected chi connectivity index (χ3v) is 11.4. The number of anilines is 1. The molecule has 2 aliphatic rings. The maximum Gasteiger partial charge on any atom is 0.159 e. The standard InChI is InChI=1S/C54H38N6/c1-3-11-40(12-4-1)52-58-53(41-13-5-2-6-14-41)60-54(59-52)46-32-44(37-19-17-36(18-20-37)43-26-23-35-10-7-8-15-42(35)30-43)31-45(33-46)38-21-24-39(25-22-38)50-47-27-29-55-34-48(47)51-49(57-50)16-9-28-56-51/h1-27,29-34,52,56H,28H2,(H,58,59,60). The Bertz CT molecular complexity index is 3150. The number of pyridine rings is 2. The molecule has 1 atom stereocenters. The Balaban J connectivity index is 1.03. The summed E-state index contributed by atoms with van der Waals surface area (Å²) in [6, 6.07) is 62.2. The summed E-state index contributed by atoms with van der Waals surface area (Å²) in [5.74, 6) is 1.46. The van der Waals surface area contributed by atoms with Gasteiger partial charge in [0, 0.05) is 46.4 Å². The van der Waals surface area contributed by atoms with E-state index in [2.05, 4.69) is 179 Å². The maximum atomic E-state index is 5.26. The predicted molar refractivity (Wildman–Crippen MR) is 248 cm³/mol. The normalized spacial score (nSPS) is 14.5. The SMILES string of the molecule is C1=Cc2nc(-c3ccc(-c4cc(C5=NC(c6ccccc6)NC(c6ccccc6)=N5)cc(-c5ccc(-c6ccc7ccccc7c6)cc5)c4)cc3)c3ccncc3c2NC1. The number of nitrogens with one attached hydrogen (secondary N) is 2. The van der Waals surface area contributed by atoms with Crippen LogP contribution in [0.3, 0.4) is 0 Å². The highest BCUT2D eigenvalue weighted by atomic mass is 15.2. The van der Waals surface area contributed by atoms with Crippen molar-refractivity contribution in [2.45, 2.75) is 6.17 Å². The number of hydrogen-bond donors (Lipinski definition) is 2. The molecule has 60 heavy (non-hydrogen) atoms. The van der Waals surface area contributed by atoms with Gasteiger partial charge in [-0.2, -0.15) is 0 Å². The highest BCUT2D eigenvalue weighted by Crippen LogP contribution is 2.37. The van der Waals surface area contributed by atoms with Gasteiger partial charge in [-0.05, 0) is 86.1 Å². The quantitative estimate of drug-likeness (QED) is 0.169. The number of hydrogen-bond acceptors (Lipinski definition) is 6. The lowest BCUT2D eigenvalue weighted by molar-refractivity contribution is 0.674. The van der Waals surface area contributed by atoms with E-state index in [-0.39, 0.29) is 6.17 Å². The summed E-state index contributed by atoms with van der Waals surface area (Å²) in [7, 11) is 0. The van der Waals surface area contributed by atoms with E-state index >= 15 is 0 Å². The van der Waals surface area contributed by atoms with Crippen LogP contribution >= 0.6 is 0 Å². The molecular weight excluding hydrogens is 733 g/mol. The molecule has 11 rings (SSSR count). The van der Waals surface area contributed by atoms with Gasteiger partial charge in [-0.25, -0.2) is 15.0 Å². The molecule has 1 unspecified atom stereocenters. The minimum absolute atomic E-state index is 0.305. The Morgan fingerprint density at radius 2 is 1.13 bits per heavy atom. The van der Waals surface area contributed by atoms with Gasteiger partial charge in [0.15, 0.2) is 5.84 Å². The third kappa shape index (κ3) is 6.70. The van der Waals surface area contributed by atoms with Gasteiger partial charge in [-0.15, -0.1) is 0 Å². The van der Waals surface area contributed by atoms with Crippen molar-refractivity contribution in [2.24, 2.45) is 9.98 Å².